The van der Waals surface area contributed by atoms with E-state index in [2.05, 4.69) is 314 Å². The zero-order valence-electron chi connectivity index (χ0n) is 43.8. The lowest BCUT2D eigenvalue weighted by atomic mass is 9.67. The van der Waals surface area contributed by atoms with E-state index in [1.54, 1.807) is 0 Å². The van der Waals surface area contributed by atoms with Crippen LogP contribution < -0.4 is 4.90 Å². The van der Waals surface area contributed by atoms with E-state index in [1.165, 1.54) is 77.9 Å². The Morgan fingerprint density at radius 2 is 0.662 bits per heavy atom. The molecule has 0 atom stereocenters. The molecule has 2 heteroatoms. The zero-order chi connectivity index (χ0) is 52.8. The van der Waals surface area contributed by atoms with E-state index in [0.29, 0.717) is 0 Å². The highest BCUT2D eigenvalue weighted by Crippen LogP contribution is 2.60. The molecule has 1 aromatic heterocycles. The summed E-state index contributed by atoms with van der Waals surface area (Å²) in [6.07, 6.45) is 0. The Hall–Kier alpha value is -10.3. The average Bonchev–Trinajstić information content (AvgIpc) is 4.38. The van der Waals surface area contributed by atoms with E-state index in [4.69, 9.17) is 4.42 Å². The lowest BCUT2D eigenvalue weighted by Crippen LogP contribution is -2.29. The molecule has 374 valence electrons. The summed E-state index contributed by atoms with van der Waals surface area (Å²) in [5.41, 5.74) is 23.2. The summed E-state index contributed by atoms with van der Waals surface area (Å²) in [4.78, 5) is 2.55. The van der Waals surface area contributed by atoms with Gasteiger partial charge in [0, 0.05) is 32.9 Å². The molecule has 0 bridgehead atoms. The molecule has 13 aromatic carbocycles. The zero-order valence-corrected chi connectivity index (χ0v) is 43.8. The summed E-state index contributed by atoms with van der Waals surface area (Å²) in [5.74, 6) is 0. The number of benzene rings is 13. The van der Waals surface area contributed by atoms with Crippen molar-refractivity contribution in [1.29, 1.82) is 0 Å². The molecule has 0 spiro atoms. The van der Waals surface area contributed by atoms with E-state index >= 15 is 0 Å². The van der Waals surface area contributed by atoms with Crippen LogP contribution in [0.1, 0.15) is 44.5 Å². The molecule has 0 radical (unpaired) electrons. The van der Waals surface area contributed by atoms with Gasteiger partial charge in [0.25, 0.3) is 0 Å². The van der Waals surface area contributed by atoms with Crippen molar-refractivity contribution in [2.24, 2.45) is 0 Å². The highest BCUT2D eigenvalue weighted by Gasteiger charge is 2.48. The van der Waals surface area contributed by atoms with Gasteiger partial charge >= 0.3 is 0 Å². The third-order valence-electron chi connectivity index (χ3n) is 17.4. The van der Waals surface area contributed by atoms with Gasteiger partial charge in [-0.2, -0.15) is 0 Å². The summed E-state index contributed by atoms with van der Waals surface area (Å²) in [6.45, 7) is 0. The first-order valence-electron chi connectivity index (χ1n) is 27.7. The number of anilines is 3. The van der Waals surface area contributed by atoms with Crippen molar-refractivity contribution in [3.63, 3.8) is 0 Å². The lowest BCUT2D eigenvalue weighted by Gasteiger charge is -2.36. The van der Waals surface area contributed by atoms with Gasteiger partial charge in [-0.1, -0.05) is 273 Å². The molecule has 2 aliphatic rings. The number of furan rings is 1. The molecule has 0 saturated carbocycles. The van der Waals surface area contributed by atoms with Crippen LogP contribution in [0.2, 0.25) is 0 Å². The van der Waals surface area contributed by atoms with E-state index in [9.17, 15) is 0 Å². The lowest BCUT2D eigenvalue weighted by molar-refractivity contribution is 0.673. The maximum atomic E-state index is 7.14. The summed E-state index contributed by atoms with van der Waals surface area (Å²) < 4.78 is 7.14. The van der Waals surface area contributed by atoms with Gasteiger partial charge in [0.2, 0.25) is 0 Å². The Labute approximate surface area is 465 Å². The Bertz CT molecular complexity index is 4430. The van der Waals surface area contributed by atoms with Crippen LogP contribution in [0.3, 0.4) is 0 Å². The van der Waals surface area contributed by atoms with E-state index in [0.717, 1.165) is 60.9 Å². The third kappa shape index (κ3) is 6.60. The smallest absolute Gasteiger partial charge is 0.143 e. The first-order valence-corrected chi connectivity index (χ1v) is 27.7. The fourth-order valence-corrected chi connectivity index (χ4v) is 14.2. The minimum absolute atomic E-state index is 0.612. The van der Waals surface area contributed by atoms with E-state index in [-0.39, 0.29) is 0 Å². The predicted octanol–water partition coefficient (Wildman–Crippen LogP) is 20.3. The summed E-state index contributed by atoms with van der Waals surface area (Å²) >= 11 is 0. The molecule has 0 amide bonds. The first kappa shape index (κ1) is 45.9. The van der Waals surface area contributed by atoms with Crippen molar-refractivity contribution < 1.29 is 4.42 Å². The number of hydrogen-bond acceptors (Lipinski definition) is 2. The van der Waals surface area contributed by atoms with Crippen LogP contribution in [-0.2, 0) is 10.8 Å². The molecule has 1 heterocycles. The Morgan fingerprint density at radius 3 is 1.18 bits per heavy atom. The van der Waals surface area contributed by atoms with E-state index < -0.39 is 10.8 Å². The van der Waals surface area contributed by atoms with Gasteiger partial charge in [0.15, 0.2) is 0 Å². The molecule has 16 rings (SSSR count). The summed E-state index contributed by atoms with van der Waals surface area (Å²) in [5, 5.41) is 4.29. The fourth-order valence-electron chi connectivity index (χ4n) is 14.2. The molecule has 0 fully saturated rings. The molecule has 14 aromatic rings. The first-order chi connectivity index (χ1) is 39.7. The number of rotatable bonds is 9. The van der Waals surface area contributed by atoms with Crippen LogP contribution in [0.4, 0.5) is 17.1 Å². The van der Waals surface area contributed by atoms with Crippen molar-refractivity contribution in [3.05, 3.63) is 354 Å². The van der Waals surface area contributed by atoms with Gasteiger partial charge in [-0.05, 0) is 125 Å². The van der Waals surface area contributed by atoms with Crippen LogP contribution in [0, 0.1) is 0 Å². The molecule has 0 aliphatic heterocycles. The predicted molar refractivity (Wildman–Crippen MR) is 331 cm³/mol. The fraction of sp³-hybridized carbons (Fsp3) is 0.0256. The van der Waals surface area contributed by atoms with Gasteiger partial charge < -0.3 is 9.32 Å². The van der Waals surface area contributed by atoms with Crippen LogP contribution >= 0.6 is 0 Å². The van der Waals surface area contributed by atoms with Gasteiger partial charge in [-0.25, -0.2) is 0 Å². The molecule has 80 heavy (non-hydrogen) atoms. The number of hydrogen-bond donors (Lipinski definition) is 0. The van der Waals surface area contributed by atoms with Gasteiger partial charge in [-0.15, -0.1) is 0 Å². The van der Waals surface area contributed by atoms with Crippen LogP contribution in [0.5, 0.6) is 0 Å². The standard InChI is InChI=1S/C78H51NO/c1-6-25-52(26-7-1)59-35-16-17-36-60(59)66-41-24-44-74-75(66)68-51-73(65-39-18-19-40-67(65)76(68)80-74)79(57-45-47-63-61-37-20-22-42-69(61)77(71(63)49-57,53-27-8-2-9-28-53)54-29-10-3-11-30-54)58-46-48-64-62-38-21-23-43-70(62)78(72(64)50-58,55-31-12-4-13-32-55)56-33-14-5-15-34-56/h1-51H. The maximum Gasteiger partial charge on any atom is 0.143 e. The normalized spacial score (nSPS) is 13.4. The molecule has 0 N–H and O–H groups in total. The summed E-state index contributed by atoms with van der Waals surface area (Å²) in [7, 11) is 0. The Kier molecular flexibility index (Phi) is 10.4. The maximum absolute atomic E-state index is 7.14. The van der Waals surface area contributed by atoms with Crippen molar-refractivity contribution in [3.8, 4) is 44.5 Å². The van der Waals surface area contributed by atoms with Crippen molar-refractivity contribution in [1.82, 2.24) is 0 Å². The molecule has 0 saturated heterocycles. The SMILES string of the molecule is c1ccc(-c2ccccc2-c2cccc3oc4c5ccccc5c(N(c5ccc6c(c5)C(c5ccccc5)(c5ccccc5)c5ccccc5-6)c5ccc6c(c5)C(c5ccccc5)(c5ccccc5)c5ccccc5-6)cc4c23)cc1. The molecule has 0 unspecified atom stereocenters. The number of nitrogens with zero attached hydrogens (tertiary/aromatic N) is 1. The van der Waals surface area contributed by atoms with Crippen LogP contribution in [0.15, 0.2) is 314 Å². The Morgan fingerprint density at radius 1 is 0.263 bits per heavy atom. The van der Waals surface area contributed by atoms with E-state index in [1.807, 2.05) is 0 Å². The topological polar surface area (TPSA) is 16.4 Å². The van der Waals surface area contributed by atoms with Crippen molar-refractivity contribution >= 4 is 49.8 Å². The monoisotopic (exact) mass is 1020 g/mol. The second kappa shape index (κ2) is 18.2. The van der Waals surface area contributed by atoms with Gasteiger partial charge in [0.05, 0.1) is 16.5 Å². The highest BCUT2D eigenvalue weighted by molar-refractivity contribution is 6.23. The Balaban J connectivity index is 1.03. The quantitative estimate of drug-likeness (QED) is 0.143. The highest BCUT2D eigenvalue weighted by atomic mass is 16.3. The second-order valence-electron chi connectivity index (χ2n) is 21.4. The molecule has 2 nitrogen and oxygen atoms in total. The second-order valence-corrected chi connectivity index (χ2v) is 21.4. The minimum Gasteiger partial charge on any atom is -0.455 e. The van der Waals surface area contributed by atoms with Gasteiger partial charge in [-0.3, -0.25) is 0 Å². The molecular formula is C78H51NO. The largest absolute Gasteiger partial charge is 0.455 e. The van der Waals surface area contributed by atoms with Crippen molar-refractivity contribution in [2.45, 2.75) is 10.8 Å². The summed E-state index contributed by atoms with van der Waals surface area (Å²) in [6, 6.07) is 114. The third-order valence-corrected chi connectivity index (χ3v) is 17.4. The van der Waals surface area contributed by atoms with Crippen LogP contribution in [-0.4, -0.2) is 0 Å². The van der Waals surface area contributed by atoms with Gasteiger partial charge in [0.1, 0.15) is 11.2 Å². The average molecular weight is 1020 g/mol. The molecular weight excluding hydrogens is 967 g/mol. The minimum atomic E-state index is -0.612. The number of fused-ring (bicyclic) bond motifs is 11. The molecule has 2 aliphatic carbocycles. The van der Waals surface area contributed by atoms with Crippen molar-refractivity contribution in [2.75, 3.05) is 4.90 Å². The van der Waals surface area contributed by atoms with Crippen LogP contribution in [0.25, 0.3) is 77.2 Å².